The molecule has 6 aromatic rings. The van der Waals surface area contributed by atoms with E-state index in [0.29, 0.717) is 64.3 Å². The van der Waals surface area contributed by atoms with Crippen LogP contribution in [-0.2, 0) is 10.8 Å². The van der Waals surface area contributed by atoms with Gasteiger partial charge >= 0.3 is 5.97 Å². The minimum Gasteiger partial charge on any atom is -0.476 e. The summed E-state index contributed by atoms with van der Waals surface area (Å²) in [6.45, 7) is 8.79. The molecule has 0 radical (unpaired) electrons. The molecule has 0 saturated carbocycles. The van der Waals surface area contributed by atoms with Gasteiger partial charge in [0.2, 0.25) is 13.6 Å². The van der Waals surface area contributed by atoms with Crippen LogP contribution in [0.3, 0.4) is 0 Å². The molecular weight excluding hydrogens is 765 g/mol. The average molecular weight is 815 g/mol. The first kappa shape index (κ1) is 41.6. The zero-order valence-corrected chi connectivity index (χ0v) is 33.0. The number of carbonyl (C=O) groups excluding carboxylic acids is 1. The quantitative estimate of drug-likeness (QED) is 0.165. The Bertz CT molecular complexity index is 2380. The van der Waals surface area contributed by atoms with E-state index in [1.165, 1.54) is 30.0 Å². The molecule has 6 heterocycles. The highest BCUT2D eigenvalue weighted by Crippen LogP contribution is 2.39. The molecule has 4 aliphatic rings. The lowest BCUT2D eigenvalue weighted by Crippen LogP contribution is -2.44. The van der Waals surface area contributed by atoms with E-state index in [1.807, 2.05) is 29.2 Å². The first-order valence-electron chi connectivity index (χ1n) is 19.8. The standard InChI is InChI=1S/C23H22N2O4.C12H17N.C11H7NO5.CH4/c1-23(17-5-3-2-4-6-17)9-11-25(12-10-23)22(26)18-14-20(29-24-18)16-7-8-19-21(13-16)28-15-27-19;1-12(7-9-13-10-8-12)11-5-3-2-4-6-11;13-11(14)7-4-9(17-12-7)6-1-2-8-10(3-6)16-5-15-8;/h2-8,13-14H,9-12,15H2,1H3;2-6,13H,7-10H2,1H3;1-4H,5H2,(H,13,14);1H4. The fraction of sp³-hybridized carbons (Fsp3) is 0.319. The summed E-state index contributed by atoms with van der Waals surface area (Å²) < 4.78 is 31.5. The summed E-state index contributed by atoms with van der Waals surface area (Å²) >= 11 is 0. The molecule has 2 fully saturated rings. The zero-order valence-electron chi connectivity index (χ0n) is 33.0. The fourth-order valence-corrected chi connectivity index (χ4v) is 7.73. The van der Waals surface area contributed by atoms with Gasteiger partial charge in [-0.3, -0.25) is 4.79 Å². The molecule has 4 aliphatic heterocycles. The monoisotopic (exact) mass is 814 g/mol. The number of piperidine rings is 2. The summed E-state index contributed by atoms with van der Waals surface area (Å²) in [4.78, 5) is 25.5. The summed E-state index contributed by atoms with van der Waals surface area (Å²) in [7, 11) is 0. The normalized spacial score (nSPS) is 16.6. The van der Waals surface area contributed by atoms with Crippen LogP contribution in [0.5, 0.6) is 23.0 Å². The van der Waals surface area contributed by atoms with E-state index in [1.54, 1.807) is 24.3 Å². The van der Waals surface area contributed by atoms with Crippen molar-refractivity contribution in [2.45, 2.75) is 57.8 Å². The Balaban J connectivity index is 0.000000149. The van der Waals surface area contributed by atoms with Crippen molar-refractivity contribution in [2.75, 3.05) is 39.8 Å². The van der Waals surface area contributed by atoms with Crippen molar-refractivity contribution in [1.29, 1.82) is 0 Å². The second-order valence-corrected chi connectivity index (χ2v) is 15.5. The molecule has 0 unspecified atom stereocenters. The van der Waals surface area contributed by atoms with Crippen molar-refractivity contribution in [3.8, 4) is 45.6 Å². The first-order chi connectivity index (χ1) is 28.7. The largest absolute Gasteiger partial charge is 0.476 e. The number of likely N-dealkylation sites (tertiary alicyclic amines) is 1. The predicted molar refractivity (Wildman–Crippen MR) is 225 cm³/mol. The summed E-state index contributed by atoms with van der Waals surface area (Å²) in [5, 5.41) is 19.6. The van der Waals surface area contributed by atoms with Crippen LogP contribution in [0.4, 0.5) is 0 Å². The second-order valence-electron chi connectivity index (χ2n) is 15.5. The van der Waals surface area contributed by atoms with Crippen LogP contribution in [0.15, 0.2) is 118 Å². The first-order valence-corrected chi connectivity index (χ1v) is 19.8. The Labute approximate surface area is 349 Å². The van der Waals surface area contributed by atoms with Crippen molar-refractivity contribution < 1.29 is 42.7 Å². The average Bonchev–Trinajstić information content (AvgIpc) is 4.12. The number of nitrogens with zero attached hydrogens (tertiary/aromatic N) is 3. The Morgan fingerprint density at radius 2 is 1.05 bits per heavy atom. The van der Waals surface area contributed by atoms with E-state index >= 15 is 0 Å². The highest BCUT2D eigenvalue weighted by molar-refractivity contribution is 5.93. The van der Waals surface area contributed by atoms with Gasteiger partial charge in [0.1, 0.15) is 0 Å². The summed E-state index contributed by atoms with van der Waals surface area (Å²) in [6.07, 6.45) is 4.37. The van der Waals surface area contributed by atoms with Crippen LogP contribution in [0.25, 0.3) is 22.6 Å². The van der Waals surface area contributed by atoms with E-state index in [2.05, 4.69) is 84.1 Å². The number of carboxylic acid groups (broad SMARTS) is 1. The predicted octanol–water partition coefficient (Wildman–Crippen LogP) is 9.00. The molecule has 312 valence electrons. The molecule has 0 spiro atoms. The van der Waals surface area contributed by atoms with Gasteiger partial charge in [-0.1, -0.05) is 92.3 Å². The highest BCUT2D eigenvalue weighted by atomic mass is 16.7. The molecular formula is C47H50N4O9. The van der Waals surface area contributed by atoms with Crippen LogP contribution in [0, 0.1) is 0 Å². The van der Waals surface area contributed by atoms with Crippen molar-refractivity contribution in [2.24, 2.45) is 0 Å². The van der Waals surface area contributed by atoms with Crippen LogP contribution in [0.2, 0.25) is 0 Å². The molecule has 0 bridgehead atoms. The zero-order chi connectivity index (χ0) is 40.8. The molecule has 4 aromatic carbocycles. The molecule has 0 aliphatic carbocycles. The van der Waals surface area contributed by atoms with Gasteiger partial charge in [0.05, 0.1) is 0 Å². The number of aromatic carboxylic acids is 1. The fourth-order valence-electron chi connectivity index (χ4n) is 7.73. The molecule has 0 atom stereocenters. The molecule has 13 nitrogen and oxygen atoms in total. The van der Waals surface area contributed by atoms with Crippen molar-refractivity contribution in [3.05, 3.63) is 132 Å². The summed E-state index contributed by atoms with van der Waals surface area (Å²) in [6, 6.07) is 35.2. The maximum Gasteiger partial charge on any atom is 0.358 e. The molecule has 1 amide bonds. The SMILES string of the molecule is C.CC1(c2ccccc2)CCN(C(=O)c2cc(-c3ccc4c(c3)OCO4)on2)CC1.CC1(c2ccccc2)CCNCC1.O=C(O)c1cc(-c2ccc3c(c2)OCO3)on1. The minimum atomic E-state index is -1.12. The number of ether oxygens (including phenoxy) is 4. The molecule has 2 aromatic heterocycles. The van der Waals surface area contributed by atoms with Crippen molar-refractivity contribution in [3.63, 3.8) is 0 Å². The van der Waals surface area contributed by atoms with Crippen molar-refractivity contribution in [1.82, 2.24) is 20.5 Å². The third-order valence-electron chi connectivity index (χ3n) is 11.6. The summed E-state index contributed by atoms with van der Waals surface area (Å²) in [5.74, 6) is 2.35. The van der Waals surface area contributed by atoms with Gasteiger partial charge in [-0.05, 0) is 97.1 Å². The van der Waals surface area contributed by atoms with E-state index in [0.717, 1.165) is 31.5 Å². The summed E-state index contributed by atoms with van der Waals surface area (Å²) in [5.41, 5.74) is 5.03. The Morgan fingerprint density at radius 1 is 0.600 bits per heavy atom. The topological polar surface area (TPSA) is 159 Å². The number of carbonyl (C=O) groups is 2. The van der Waals surface area contributed by atoms with Gasteiger partial charge < -0.3 is 43.3 Å². The van der Waals surface area contributed by atoms with Gasteiger partial charge in [-0.15, -0.1) is 0 Å². The number of hydrogen-bond donors (Lipinski definition) is 2. The van der Waals surface area contributed by atoms with Crippen molar-refractivity contribution >= 4 is 11.9 Å². The lowest BCUT2D eigenvalue weighted by molar-refractivity contribution is 0.0662. The molecule has 2 saturated heterocycles. The number of amides is 1. The van der Waals surface area contributed by atoms with E-state index in [4.69, 9.17) is 33.1 Å². The van der Waals surface area contributed by atoms with Crippen LogP contribution in [0.1, 0.15) is 79.1 Å². The number of rotatable bonds is 6. The third-order valence-corrected chi connectivity index (χ3v) is 11.6. The van der Waals surface area contributed by atoms with E-state index < -0.39 is 5.97 Å². The number of fused-ring (bicyclic) bond motifs is 2. The lowest BCUT2D eigenvalue weighted by Gasteiger charge is -2.39. The molecule has 10 rings (SSSR count). The number of hydrogen-bond acceptors (Lipinski definition) is 11. The number of carboxylic acids is 1. The van der Waals surface area contributed by atoms with E-state index in [9.17, 15) is 9.59 Å². The lowest BCUT2D eigenvalue weighted by atomic mass is 9.74. The van der Waals surface area contributed by atoms with Gasteiger partial charge in [0.25, 0.3) is 5.91 Å². The Kier molecular flexibility index (Phi) is 12.6. The molecule has 13 heteroatoms. The maximum absolute atomic E-state index is 12.9. The number of aromatic nitrogens is 2. The third kappa shape index (κ3) is 9.16. The second kappa shape index (κ2) is 18.1. The van der Waals surface area contributed by atoms with Crippen LogP contribution >= 0.6 is 0 Å². The van der Waals surface area contributed by atoms with Gasteiger partial charge in [-0.25, -0.2) is 4.79 Å². The Hall–Kier alpha value is -6.60. The van der Waals surface area contributed by atoms with Crippen LogP contribution < -0.4 is 24.3 Å². The highest BCUT2D eigenvalue weighted by Gasteiger charge is 2.34. The molecule has 2 N–H and O–H groups in total. The van der Waals surface area contributed by atoms with Gasteiger partial charge in [0, 0.05) is 36.3 Å². The smallest absolute Gasteiger partial charge is 0.358 e. The molecule has 60 heavy (non-hydrogen) atoms. The minimum absolute atomic E-state index is 0. The maximum atomic E-state index is 12.9. The van der Waals surface area contributed by atoms with Gasteiger partial charge in [0.15, 0.2) is 45.9 Å². The van der Waals surface area contributed by atoms with Gasteiger partial charge in [-0.2, -0.15) is 0 Å². The number of benzene rings is 4. The van der Waals surface area contributed by atoms with E-state index in [-0.39, 0.29) is 38.0 Å². The van der Waals surface area contributed by atoms with Crippen LogP contribution in [-0.4, -0.2) is 72.0 Å². The Morgan fingerprint density at radius 3 is 1.53 bits per heavy atom. The number of nitrogens with one attached hydrogen (secondary N) is 1.